The fourth-order valence-corrected chi connectivity index (χ4v) is 2.12. The molecular weight excluding hydrogens is 236 g/mol. The summed E-state index contributed by atoms with van der Waals surface area (Å²) in [6, 6.07) is 7.94. The Bertz CT molecular complexity index is 286. The third kappa shape index (κ3) is 3.07. The van der Waals surface area contributed by atoms with Crippen LogP contribution in [0.2, 0.25) is 0 Å². The van der Waals surface area contributed by atoms with Gasteiger partial charge < -0.3 is 0 Å². The third-order valence-electron chi connectivity index (χ3n) is 1.54. The minimum absolute atomic E-state index is 0.663. The van der Waals surface area contributed by atoms with E-state index >= 15 is 0 Å². The molecule has 1 aromatic rings. The molecule has 0 aliphatic heterocycles. The summed E-state index contributed by atoms with van der Waals surface area (Å²) < 4.78 is 12.2. The van der Waals surface area contributed by atoms with E-state index in [-0.39, 0.29) is 0 Å². The summed E-state index contributed by atoms with van der Waals surface area (Å²) in [5.74, 6) is 1.39. The predicted molar refractivity (Wildman–Crippen MR) is 56.5 cm³/mol. The Hall–Kier alpha value is -0.150. The number of halogens is 1. The van der Waals surface area contributed by atoms with Gasteiger partial charge in [-0.2, -0.15) is 0 Å². The minimum Gasteiger partial charge on any atom is -0.259 e. The molecule has 0 N–H and O–H groups in total. The average Bonchev–Trinajstić information content (AvgIpc) is 2.04. The van der Waals surface area contributed by atoms with Gasteiger partial charge in [-0.3, -0.25) is 4.21 Å². The standard InChI is InChI=1S/C9H11BrOS/c1-2-12(11)7-8-4-3-5-9(10)6-8/h3-6H,2,7H2,1H3/t12-/m0/s1. The van der Waals surface area contributed by atoms with Crippen LogP contribution in [-0.2, 0) is 16.6 Å². The highest BCUT2D eigenvalue weighted by Gasteiger charge is 1.98. The second kappa shape index (κ2) is 4.77. The first-order valence-electron chi connectivity index (χ1n) is 3.82. The predicted octanol–water partition coefficient (Wildman–Crippen LogP) is 2.72. The maximum Gasteiger partial charge on any atom is 0.0485 e. The molecule has 0 bridgehead atoms. The zero-order valence-electron chi connectivity index (χ0n) is 6.92. The van der Waals surface area contributed by atoms with Gasteiger partial charge in [0.15, 0.2) is 0 Å². The third-order valence-corrected chi connectivity index (χ3v) is 3.33. The Morgan fingerprint density at radius 2 is 2.25 bits per heavy atom. The van der Waals surface area contributed by atoms with Crippen molar-refractivity contribution in [3.8, 4) is 0 Å². The van der Waals surface area contributed by atoms with E-state index in [1.54, 1.807) is 0 Å². The van der Waals surface area contributed by atoms with E-state index in [1.165, 1.54) is 0 Å². The number of hydrogen-bond donors (Lipinski definition) is 0. The monoisotopic (exact) mass is 246 g/mol. The van der Waals surface area contributed by atoms with Gasteiger partial charge in [0.2, 0.25) is 0 Å². The van der Waals surface area contributed by atoms with Gasteiger partial charge in [0, 0.05) is 26.8 Å². The normalized spacial score (nSPS) is 12.8. The fourth-order valence-electron chi connectivity index (χ4n) is 0.915. The molecule has 3 heteroatoms. The summed E-state index contributed by atoms with van der Waals surface area (Å²) in [6.07, 6.45) is 0. The van der Waals surface area contributed by atoms with Crippen LogP contribution in [0.15, 0.2) is 28.7 Å². The van der Waals surface area contributed by atoms with Gasteiger partial charge in [-0.15, -0.1) is 0 Å². The summed E-state index contributed by atoms with van der Waals surface area (Å²) in [6.45, 7) is 1.94. The first-order valence-corrected chi connectivity index (χ1v) is 6.10. The van der Waals surface area contributed by atoms with Gasteiger partial charge in [-0.1, -0.05) is 35.0 Å². The molecule has 0 fully saturated rings. The molecule has 1 rings (SSSR count). The second-order valence-electron chi connectivity index (χ2n) is 2.50. The Labute approximate surface area is 83.8 Å². The minimum atomic E-state index is -0.707. The van der Waals surface area contributed by atoms with Crippen molar-refractivity contribution in [1.29, 1.82) is 0 Å². The molecule has 12 heavy (non-hydrogen) atoms. The van der Waals surface area contributed by atoms with E-state index in [2.05, 4.69) is 15.9 Å². The maximum atomic E-state index is 11.2. The number of rotatable bonds is 3. The summed E-state index contributed by atoms with van der Waals surface area (Å²) in [7, 11) is -0.707. The molecule has 0 aliphatic rings. The van der Waals surface area contributed by atoms with Crippen molar-refractivity contribution in [2.75, 3.05) is 5.75 Å². The molecule has 0 aromatic heterocycles. The van der Waals surface area contributed by atoms with Crippen molar-refractivity contribution < 1.29 is 4.21 Å². The van der Waals surface area contributed by atoms with Crippen molar-refractivity contribution in [2.24, 2.45) is 0 Å². The SMILES string of the molecule is CC[S@](=O)Cc1cccc(Br)c1. The van der Waals surface area contributed by atoms with Crippen molar-refractivity contribution in [3.63, 3.8) is 0 Å². The Morgan fingerprint density at radius 3 is 2.83 bits per heavy atom. The van der Waals surface area contributed by atoms with Gasteiger partial charge in [-0.25, -0.2) is 0 Å². The van der Waals surface area contributed by atoms with E-state index in [9.17, 15) is 4.21 Å². The van der Waals surface area contributed by atoms with Gasteiger partial charge in [0.25, 0.3) is 0 Å². The summed E-state index contributed by atoms with van der Waals surface area (Å²) in [5, 5.41) is 0. The maximum absolute atomic E-state index is 11.2. The summed E-state index contributed by atoms with van der Waals surface area (Å²) in [5.41, 5.74) is 1.13. The van der Waals surface area contributed by atoms with Crippen LogP contribution in [0.25, 0.3) is 0 Å². The highest BCUT2D eigenvalue weighted by Crippen LogP contribution is 2.12. The highest BCUT2D eigenvalue weighted by atomic mass is 79.9. The second-order valence-corrected chi connectivity index (χ2v) is 5.16. The molecule has 66 valence electrons. The lowest BCUT2D eigenvalue weighted by Gasteiger charge is -1.99. The lowest BCUT2D eigenvalue weighted by atomic mass is 10.2. The molecule has 0 amide bonds. The van der Waals surface area contributed by atoms with Crippen molar-refractivity contribution >= 4 is 26.7 Å². The van der Waals surface area contributed by atoms with Gasteiger partial charge >= 0.3 is 0 Å². The van der Waals surface area contributed by atoms with Crippen LogP contribution >= 0.6 is 15.9 Å². The smallest absolute Gasteiger partial charge is 0.0485 e. The van der Waals surface area contributed by atoms with Crippen LogP contribution in [0.1, 0.15) is 12.5 Å². The van der Waals surface area contributed by atoms with Crippen LogP contribution in [0.5, 0.6) is 0 Å². The Kier molecular flexibility index (Phi) is 3.95. The van der Waals surface area contributed by atoms with Gasteiger partial charge in [0.05, 0.1) is 0 Å². The molecule has 0 radical (unpaired) electrons. The molecule has 0 aliphatic carbocycles. The lowest BCUT2D eigenvalue weighted by Crippen LogP contribution is -1.97. The quantitative estimate of drug-likeness (QED) is 0.802. The number of benzene rings is 1. The van der Waals surface area contributed by atoms with E-state index < -0.39 is 10.8 Å². The highest BCUT2D eigenvalue weighted by molar-refractivity contribution is 9.10. The average molecular weight is 247 g/mol. The summed E-state index contributed by atoms with van der Waals surface area (Å²) >= 11 is 3.38. The molecule has 0 unspecified atom stereocenters. The number of hydrogen-bond acceptors (Lipinski definition) is 1. The molecule has 1 nitrogen and oxygen atoms in total. The largest absolute Gasteiger partial charge is 0.259 e. The van der Waals surface area contributed by atoms with Gasteiger partial charge in [0.1, 0.15) is 0 Å². The van der Waals surface area contributed by atoms with Crippen molar-refractivity contribution in [1.82, 2.24) is 0 Å². The van der Waals surface area contributed by atoms with Crippen LogP contribution < -0.4 is 0 Å². The first kappa shape index (κ1) is 9.93. The molecule has 1 aromatic carbocycles. The zero-order chi connectivity index (χ0) is 8.97. The lowest BCUT2D eigenvalue weighted by molar-refractivity contribution is 0.683. The van der Waals surface area contributed by atoms with E-state index in [4.69, 9.17) is 0 Å². The molecular formula is C9H11BrOS. The van der Waals surface area contributed by atoms with Crippen LogP contribution in [0.3, 0.4) is 0 Å². The molecule has 1 atom stereocenters. The van der Waals surface area contributed by atoms with Crippen molar-refractivity contribution in [3.05, 3.63) is 34.3 Å². The molecule has 0 saturated carbocycles. The topological polar surface area (TPSA) is 17.1 Å². The van der Waals surface area contributed by atoms with Gasteiger partial charge in [-0.05, 0) is 17.7 Å². The van der Waals surface area contributed by atoms with E-state index in [0.717, 1.165) is 15.8 Å². The first-order chi connectivity index (χ1) is 5.72. The summed E-state index contributed by atoms with van der Waals surface area (Å²) in [4.78, 5) is 0. The van der Waals surface area contributed by atoms with E-state index in [0.29, 0.717) is 5.75 Å². The van der Waals surface area contributed by atoms with Crippen LogP contribution in [0.4, 0.5) is 0 Å². The molecule has 0 spiro atoms. The fraction of sp³-hybridized carbons (Fsp3) is 0.333. The molecule has 0 heterocycles. The zero-order valence-corrected chi connectivity index (χ0v) is 9.32. The van der Waals surface area contributed by atoms with Crippen molar-refractivity contribution in [2.45, 2.75) is 12.7 Å². The van der Waals surface area contributed by atoms with E-state index in [1.807, 2.05) is 31.2 Å². The molecule has 0 saturated heterocycles. The van der Waals surface area contributed by atoms with Crippen LogP contribution in [0, 0.1) is 0 Å². The Morgan fingerprint density at radius 1 is 1.50 bits per heavy atom. The van der Waals surface area contributed by atoms with Crippen LogP contribution in [-0.4, -0.2) is 9.96 Å². The Balaban J connectivity index is 2.69.